The molecule has 0 unspecified atom stereocenters. The third-order valence-corrected chi connectivity index (χ3v) is 3.11. The van der Waals surface area contributed by atoms with Crippen LogP contribution in [0.5, 0.6) is 0 Å². The second kappa shape index (κ2) is 5.03. The zero-order valence-corrected chi connectivity index (χ0v) is 11.9. The van der Waals surface area contributed by atoms with E-state index in [0.717, 1.165) is 5.82 Å². The monoisotopic (exact) mass is 264 g/mol. The SMILES string of the molecule is CCc1nc2c([nH]1)c(=O)n(CC)c(=O)n2CC(C)C. The molecule has 0 atom stereocenters. The van der Waals surface area contributed by atoms with E-state index in [-0.39, 0.29) is 11.2 Å². The number of aromatic nitrogens is 4. The molecule has 0 aliphatic carbocycles. The standard InChI is InChI=1S/C13H20N4O2/c1-5-9-14-10-11(15-9)17(7-8(3)4)13(19)16(6-2)12(10)18/h8H,5-7H2,1-4H3,(H,14,15). The Labute approximate surface area is 111 Å². The highest BCUT2D eigenvalue weighted by Gasteiger charge is 2.16. The van der Waals surface area contributed by atoms with Crippen molar-refractivity contribution in [3.8, 4) is 0 Å². The minimum absolute atomic E-state index is 0.275. The zero-order valence-electron chi connectivity index (χ0n) is 11.9. The first-order chi connectivity index (χ1) is 8.99. The summed E-state index contributed by atoms with van der Waals surface area (Å²) in [7, 11) is 0. The van der Waals surface area contributed by atoms with Gasteiger partial charge in [-0.3, -0.25) is 13.9 Å². The molecule has 2 aromatic rings. The Hall–Kier alpha value is -1.85. The van der Waals surface area contributed by atoms with Crippen LogP contribution < -0.4 is 11.2 Å². The van der Waals surface area contributed by atoms with Crippen molar-refractivity contribution < 1.29 is 0 Å². The number of hydrogen-bond donors (Lipinski definition) is 1. The fraction of sp³-hybridized carbons (Fsp3) is 0.615. The van der Waals surface area contributed by atoms with Crippen LogP contribution in [0.2, 0.25) is 0 Å². The van der Waals surface area contributed by atoms with Crippen LogP contribution in [-0.4, -0.2) is 19.1 Å². The molecular formula is C13H20N4O2. The smallest absolute Gasteiger partial charge is 0.332 e. The van der Waals surface area contributed by atoms with Gasteiger partial charge in [-0.2, -0.15) is 0 Å². The van der Waals surface area contributed by atoms with Crippen molar-refractivity contribution in [3.05, 3.63) is 26.7 Å². The van der Waals surface area contributed by atoms with E-state index in [1.807, 2.05) is 20.8 Å². The highest BCUT2D eigenvalue weighted by Crippen LogP contribution is 2.08. The number of nitrogens with zero attached hydrogens (tertiary/aromatic N) is 3. The Kier molecular flexibility index (Phi) is 3.59. The Morgan fingerprint density at radius 1 is 1.21 bits per heavy atom. The number of imidazole rings is 1. The van der Waals surface area contributed by atoms with Gasteiger partial charge in [0, 0.05) is 19.5 Å². The molecule has 2 rings (SSSR count). The Morgan fingerprint density at radius 2 is 1.89 bits per heavy atom. The molecule has 0 aliphatic rings. The third kappa shape index (κ3) is 2.22. The van der Waals surface area contributed by atoms with Gasteiger partial charge in [0.1, 0.15) is 11.3 Å². The quantitative estimate of drug-likeness (QED) is 0.899. The number of fused-ring (bicyclic) bond motifs is 1. The first-order valence-electron chi connectivity index (χ1n) is 6.71. The summed E-state index contributed by atoms with van der Waals surface area (Å²) in [6.45, 7) is 8.75. The molecule has 0 bridgehead atoms. The topological polar surface area (TPSA) is 72.7 Å². The molecule has 6 nitrogen and oxygen atoms in total. The highest BCUT2D eigenvalue weighted by atomic mass is 16.2. The molecule has 19 heavy (non-hydrogen) atoms. The van der Waals surface area contributed by atoms with Crippen LogP contribution in [0.1, 0.15) is 33.5 Å². The van der Waals surface area contributed by atoms with Gasteiger partial charge >= 0.3 is 5.69 Å². The first kappa shape index (κ1) is 13.6. The van der Waals surface area contributed by atoms with Gasteiger partial charge in [0.25, 0.3) is 5.56 Å². The molecule has 104 valence electrons. The van der Waals surface area contributed by atoms with Crippen molar-refractivity contribution in [2.75, 3.05) is 0 Å². The summed E-state index contributed by atoms with van der Waals surface area (Å²) in [5, 5.41) is 0. The van der Waals surface area contributed by atoms with Crippen LogP contribution in [0.25, 0.3) is 11.2 Å². The zero-order chi connectivity index (χ0) is 14.2. The van der Waals surface area contributed by atoms with Crippen molar-refractivity contribution >= 4 is 11.2 Å². The molecule has 0 amide bonds. The summed E-state index contributed by atoms with van der Waals surface area (Å²) in [6.07, 6.45) is 0.704. The minimum Gasteiger partial charge on any atom is -0.336 e. The second-order valence-corrected chi connectivity index (χ2v) is 5.07. The van der Waals surface area contributed by atoms with Crippen LogP contribution in [0.3, 0.4) is 0 Å². The second-order valence-electron chi connectivity index (χ2n) is 5.07. The van der Waals surface area contributed by atoms with Gasteiger partial charge in [-0.25, -0.2) is 9.78 Å². The minimum atomic E-state index is -0.283. The van der Waals surface area contributed by atoms with E-state index in [9.17, 15) is 9.59 Å². The number of H-pyrrole nitrogens is 1. The molecule has 0 spiro atoms. The first-order valence-corrected chi connectivity index (χ1v) is 6.71. The van der Waals surface area contributed by atoms with Crippen LogP contribution in [-0.2, 0) is 19.5 Å². The van der Waals surface area contributed by atoms with Gasteiger partial charge in [-0.1, -0.05) is 20.8 Å². The third-order valence-electron chi connectivity index (χ3n) is 3.11. The number of rotatable bonds is 4. The maximum Gasteiger partial charge on any atom is 0.332 e. The van der Waals surface area contributed by atoms with Crippen molar-refractivity contribution in [2.45, 2.75) is 47.2 Å². The molecule has 0 fully saturated rings. The Balaban J connectivity index is 2.87. The maximum atomic E-state index is 12.3. The number of aryl methyl sites for hydroxylation is 1. The molecular weight excluding hydrogens is 244 g/mol. The van der Waals surface area contributed by atoms with E-state index in [1.165, 1.54) is 4.57 Å². The fourth-order valence-electron chi connectivity index (χ4n) is 2.19. The van der Waals surface area contributed by atoms with Crippen molar-refractivity contribution in [1.82, 2.24) is 19.1 Å². The largest absolute Gasteiger partial charge is 0.336 e. The van der Waals surface area contributed by atoms with E-state index in [2.05, 4.69) is 9.97 Å². The highest BCUT2D eigenvalue weighted by molar-refractivity contribution is 5.69. The molecule has 0 aromatic carbocycles. The molecule has 0 radical (unpaired) electrons. The summed E-state index contributed by atoms with van der Waals surface area (Å²) in [5.74, 6) is 1.04. The summed E-state index contributed by atoms with van der Waals surface area (Å²) >= 11 is 0. The molecule has 0 saturated heterocycles. The molecule has 6 heteroatoms. The molecule has 0 saturated carbocycles. The van der Waals surface area contributed by atoms with Gasteiger partial charge < -0.3 is 4.98 Å². The summed E-state index contributed by atoms with van der Waals surface area (Å²) < 4.78 is 2.85. The van der Waals surface area contributed by atoms with Crippen LogP contribution in [0.4, 0.5) is 0 Å². The Morgan fingerprint density at radius 3 is 2.42 bits per heavy atom. The molecule has 2 aromatic heterocycles. The van der Waals surface area contributed by atoms with Crippen molar-refractivity contribution in [3.63, 3.8) is 0 Å². The number of hydrogen-bond acceptors (Lipinski definition) is 3. The van der Waals surface area contributed by atoms with E-state index >= 15 is 0 Å². The van der Waals surface area contributed by atoms with Gasteiger partial charge in [-0.05, 0) is 12.8 Å². The van der Waals surface area contributed by atoms with E-state index < -0.39 is 0 Å². The van der Waals surface area contributed by atoms with Crippen LogP contribution in [0.15, 0.2) is 9.59 Å². The predicted octanol–water partition coefficient (Wildman–Crippen LogP) is 1.12. The van der Waals surface area contributed by atoms with E-state index in [4.69, 9.17) is 0 Å². The Bertz CT molecular complexity index is 706. The van der Waals surface area contributed by atoms with E-state index in [0.29, 0.717) is 36.6 Å². The number of nitrogens with one attached hydrogen (secondary N) is 1. The summed E-state index contributed by atoms with van der Waals surface area (Å²) in [4.78, 5) is 32.0. The lowest BCUT2D eigenvalue weighted by atomic mass is 10.2. The average molecular weight is 264 g/mol. The lowest BCUT2D eigenvalue weighted by molar-refractivity contribution is 0.491. The van der Waals surface area contributed by atoms with E-state index in [1.54, 1.807) is 11.5 Å². The lowest BCUT2D eigenvalue weighted by Crippen LogP contribution is -2.40. The summed E-state index contributed by atoms with van der Waals surface area (Å²) in [6, 6.07) is 0. The number of aromatic amines is 1. The van der Waals surface area contributed by atoms with Gasteiger partial charge in [-0.15, -0.1) is 0 Å². The van der Waals surface area contributed by atoms with Gasteiger partial charge in [0.2, 0.25) is 0 Å². The lowest BCUT2D eigenvalue weighted by Gasteiger charge is -2.11. The predicted molar refractivity (Wildman–Crippen MR) is 74.5 cm³/mol. The molecule has 1 N–H and O–H groups in total. The van der Waals surface area contributed by atoms with Gasteiger partial charge in [0.05, 0.1) is 0 Å². The summed E-state index contributed by atoms with van der Waals surface area (Å²) in [5.41, 5.74) is 0.349. The fourth-order valence-corrected chi connectivity index (χ4v) is 2.19. The molecule has 2 heterocycles. The average Bonchev–Trinajstić information content (AvgIpc) is 2.79. The van der Waals surface area contributed by atoms with Crippen LogP contribution >= 0.6 is 0 Å². The normalized spacial score (nSPS) is 11.6. The van der Waals surface area contributed by atoms with Crippen LogP contribution in [0, 0.1) is 5.92 Å². The van der Waals surface area contributed by atoms with Gasteiger partial charge in [0.15, 0.2) is 5.65 Å². The molecule has 0 aliphatic heterocycles. The van der Waals surface area contributed by atoms with Crippen molar-refractivity contribution in [2.24, 2.45) is 5.92 Å². The van der Waals surface area contributed by atoms with Crippen molar-refractivity contribution in [1.29, 1.82) is 0 Å². The maximum absolute atomic E-state index is 12.3.